The maximum Gasteiger partial charge on any atom is 0.331 e. The standard InChI is InChI=1S/C20H16ClFN4O4/c21-16-4-2-1-3-14(16)18(28)25-23-11-15-17(27)24-20(30)26(19(15)29)10-9-12-5-7-13(22)8-6-12/h1-8,11,29H,9-10H2,(H,25,28)(H,24,27,30). The SMILES string of the molecule is O=C(NN=Cc1c(O)n(CCc2ccc(F)cc2)c(=O)[nH]c1=O)c1ccccc1Cl. The summed E-state index contributed by atoms with van der Waals surface area (Å²) in [5, 5.41) is 14.2. The Balaban J connectivity index is 1.78. The molecule has 1 amide bonds. The Morgan fingerprint density at radius 2 is 1.90 bits per heavy atom. The van der Waals surface area contributed by atoms with Gasteiger partial charge in [0.25, 0.3) is 11.5 Å². The van der Waals surface area contributed by atoms with E-state index in [1.54, 1.807) is 24.3 Å². The largest absolute Gasteiger partial charge is 0.494 e. The first kappa shape index (κ1) is 21.0. The van der Waals surface area contributed by atoms with Crippen LogP contribution in [0.15, 0.2) is 63.2 Å². The van der Waals surface area contributed by atoms with Crippen molar-refractivity contribution in [2.45, 2.75) is 13.0 Å². The van der Waals surface area contributed by atoms with E-state index in [9.17, 15) is 23.9 Å². The average molecular weight is 431 g/mol. The number of hydrazone groups is 1. The summed E-state index contributed by atoms with van der Waals surface area (Å²) in [5.41, 5.74) is 1.12. The van der Waals surface area contributed by atoms with Crippen molar-refractivity contribution in [1.82, 2.24) is 15.0 Å². The molecular weight excluding hydrogens is 415 g/mol. The number of aryl methyl sites for hydroxylation is 1. The van der Waals surface area contributed by atoms with E-state index in [0.717, 1.165) is 16.3 Å². The molecule has 0 aliphatic heterocycles. The normalized spacial score (nSPS) is 11.0. The van der Waals surface area contributed by atoms with Gasteiger partial charge in [-0.15, -0.1) is 0 Å². The molecule has 8 nitrogen and oxygen atoms in total. The smallest absolute Gasteiger partial charge is 0.331 e. The molecule has 0 radical (unpaired) electrons. The number of amides is 1. The number of carbonyl (C=O) groups is 1. The fourth-order valence-electron chi connectivity index (χ4n) is 2.65. The Bertz CT molecular complexity index is 1220. The summed E-state index contributed by atoms with van der Waals surface area (Å²) < 4.78 is 13.9. The predicted molar refractivity (Wildman–Crippen MR) is 110 cm³/mol. The molecule has 30 heavy (non-hydrogen) atoms. The van der Waals surface area contributed by atoms with Crippen molar-refractivity contribution in [3.8, 4) is 5.88 Å². The molecule has 3 aromatic rings. The molecule has 0 spiro atoms. The van der Waals surface area contributed by atoms with E-state index in [1.165, 1.54) is 24.3 Å². The zero-order chi connectivity index (χ0) is 21.7. The van der Waals surface area contributed by atoms with Gasteiger partial charge in [0.15, 0.2) is 0 Å². The maximum atomic E-state index is 13.0. The molecule has 0 bridgehead atoms. The van der Waals surface area contributed by atoms with Gasteiger partial charge in [0.05, 0.1) is 16.8 Å². The van der Waals surface area contributed by atoms with Crippen molar-refractivity contribution in [2.24, 2.45) is 5.10 Å². The number of aromatic nitrogens is 2. The Hall–Kier alpha value is -3.72. The first-order valence-electron chi connectivity index (χ1n) is 8.75. The highest BCUT2D eigenvalue weighted by molar-refractivity contribution is 6.33. The van der Waals surface area contributed by atoms with Gasteiger partial charge in [0.1, 0.15) is 11.4 Å². The van der Waals surface area contributed by atoms with Gasteiger partial charge in [-0.05, 0) is 36.2 Å². The summed E-state index contributed by atoms with van der Waals surface area (Å²) in [7, 11) is 0. The van der Waals surface area contributed by atoms with E-state index < -0.39 is 23.0 Å². The Morgan fingerprint density at radius 3 is 2.60 bits per heavy atom. The van der Waals surface area contributed by atoms with Crippen LogP contribution in [-0.4, -0.2) is 26.8 Å². The van der Waals surface area contributed by atoms with E-state index in [4.69, 9.17) is 11.6 Å². The third-order valence-electron chi connectivity index (χ3n) is 4.22. The highest BCUT2D eigenvalue weighted by atomic mass is 35.5. The van der Waals surface area contributed by atoms with Crippen LogP contribution >= 0.6 is 11.6 Å². The van der Waals surface area contributed by atoms with Gasteiger partial charge >= 0.3 is 5.69 Å². The average Bonchev–Trinajstić information content (AvgIpc) is 2.71. The number of nitrogens with zero attached hydrogens (tertiary/aromatic N) is 2. The number of hydrogen-bond acceptors (Lipinski definition) is 5. The third-order valence-corrected chi connectivity index (χ3v) is 4.55. The minimum absolute atomic E-state index is 0.0277. The fraction of sp³-hybridized carbons (Fsp3) is 0.100. The van der Waals surface area contributed by atoms with Crippen molar-refractivity contribution in [1.29, 1.82) is 0 Å². The molecular formula is C20H16ClFN4O4. The number of benzene rings is 2. The summed E-state index contributed by atoms with van der Waals surface area (Å²) in [6, 6.07) is 12.0. The number of aromatic hydroxyl groups is 1. The van der Waals surface area contributed by atoms with Gasteiger partial charge < -0.3 is 5.11 Å². The van der Waals surface area contributed by atoms with Crippen LogP contribution in [0.4, 0.5) is 4.39 Å². The number of nitrogens with one attached hydrogen (secondary N) is 2. The lowest BCUT2D eigenvalue weighted by Crippen LogP contribution is -2.33. The lowest BCUT2D eigenvalue weighted by molar-refractivity contribution is 0.0955. The minimum atomic E-state index is -0.869. The molecule has 2 aromatic carbocycles. The van der Waals surface area contributed by atoms with E-state index in [0.29, 0.717) is 6.42 Å². The second kappa shape index (κ2) is 9.19. The highest BCUT2D eigenvalue weighted by Gasteiger charge is 2.13. The number of aromatic amines is 1. The lowest BCUT2D eigenvalue weighted by Gasteiger charge is -2.09. The molecule has 0 aliphatic carbocycles. The molecule has 10 heteroatoms. The van der Waals surface area contributed by atoms with Gasteiger partial charge in [0.2, 0.25) is 5.88 Å². The van der Waals surface area contributed by atoms with E-state index >= 15 is 0 Å². The van der Waals surface area contributed by atoms with Crippen molar-refractivity contribution in [3.63, 3.8) is 0 Å². The predicted octanol–water partition coefficient (Wildman–Crippen LogP) is 2.04. The van der Waals surface area contributed by atoms with Crippen LogP contribution in [0, 0.1) is 5.82 Å². The van der Waals surface area contributed by atoms with E-state index in [-0.39, 0.29) is 28.5 Å². The summed E-state index contributed by atoms with van der Waals surface area (Å²) in [4.78, 5) is 38.3. The quantitative estimate of drug-likeness (QED) is 0.410. The van der Waals surface area contributed by atoms with Gasteiger partial charge in [-0.2, -0.15) is 5.10 Å². The van der Waals surface area contributed by atoms with Crippen LogP contribution in [0.1, 0.15) is 21.5 Å². The summed E-state index contributed by atoms with van der Waals surface area (Å²) in [6.07, 6.45) is 1.23. The molecule has 1 heterocycles. The lowest BCUT2D eigenvalue weighted by atomic mass is 10.1. The first-order chi connectivity index (χ1) is 14.4. The number of halogens is 2. The summed E-state index contributed by atoms with van der Waals surface area (Å²) in [5.74, 6) is -1.61. The van der Waals surface area contributed by atoms with Gasteiger partial charge in [0, 0.05) is 6.54 Å². The van der Waals surface area contributed by atoms with Crippen molar-refractivity contribution < 1.29 is 14.3 Å². The van der Waals surface area contributed by atoms with Crippen LogP contribution in [0.2, 0.25) is 5.02 Å². The Kier molecular flexibility index (Phi) is 6.43. The molecule has 0 saturated heterocycles. The topological polar surface area (TPSA) is 117 Å². The third kappa shape index (κ3) is 4.81. The van der Waals surface area contributed by atoms with E-state index in [1.807, 2.05) is 0 Å². The molecule has 154 valence electrons. The van der Waals surface area contributed by atoms with Crippen LogP contribution in [0.5, 0.6) is 5.88 Å². The van der Waals surface area contributed by atoms with Crippen molar-refractivity contribution in [2.75, 3.05) is 0 Å². The maximum absolute atomic E-state index is 13.0. The minimum Gasteiger partial charge on any atom is -0.494 e. The van der Waals surface area contributed by atoms with Gasteiger partial charge in [-0.25, -0.2) is 14.6 Å². The van der Waals surface area contributed by atoms with Crippen LogP contribution in [0.25, 0.3) is 0 Å². The van der Waals surface area contributed by atoms with Gasteiger partial charge in [-0.1, -0.05) is 35.9 Å². The molecule has 1 aromatic heterocycles. The summed E-state index contributed by atoms with van der Waals surface area (Å²) in [6.45, 7) is 0.0277. The van der Waals surface area contributed by atoms with E-state index in [2.05, 4.69) is 15.5 Å². The van der Waals surface area contributed by atoms with Gasteiger partial charge in [-0.3, -0.25) is 19.1 Å². The van der Waals surface area contributed by atoms with Crippen LogP contribution in [0.3, 0.4) is 0 Å². The molecule has 3 rings (SSSR count). The number of rotatable bonds is 6. The Labute approximate surface area is 174 Å². The monoisotopic (exact) mass is 430 g/mol. The zero-order valence-corrected chi connectivity index (χ0v) is 16.2. The van der Waals surface area contributed by atoms with Crippen molar-refractivity contribution >= 4 is 23.7 Å². The zero-order valence-electron chi connectivity index (χ0n) is 15.4. The molecule has 0 aliphatic rings. The second-order valence-corrected chi connectivity index (χ2v) is 6.61. The number of carbonyl (C=O) groups excluding carboxylic acids is 1. The molecule has 0 fully saturated rings. The Morgan fingerprint density at radius 1 is 1.20 bits per heavy atom. The first-order valence-corrected chi connectivity index (χ1v) is 9.13. The molecule has 0 atom stereocenters. The van der Waals surface area contributed by atoms with Crippen LogP contribution in [-0.2, 0) is 13.0 Å². The molecule has 0 saturated carbocycles. The fourth-order valence-corrected chi connectivity index (χ4v) is 2.87. The molecule has 3 N–H and O–H groups in total. The second-order valence-electron chi connectivity index (χ2n) is 6.20. The van der Waals surface area contributed by atoms with Crippen LogP contribution < -0.4 is 16.7 Å². The molecule has 0 unspecified atom stereocenters. The summed E-state index contributed by atoms with van der Waals surface area (Å²) >= 11 is 5.93. The highest BCUT2D eigenvalue weighted by Crippen LogP contribution is 2.14. The van der Waals surface area contributed by atoms with Crippen molar-refractivity contribution in [3.05, 3.63) is 96.9 Å². The number of H-pyrrole nitrogens is 1. The number of hydrogen-bond donors (Lipinski definition) is 3.